The first-order valence-corrected chi connectivity index (χ1v) is 6.60. The molecule has 0 aromatic rings. The van der Waals surface area contributed by atoms with Crippen LogP contribution in [0.5, 0.6) is 0 Å². The van der Waals surface area contributed by atoms with Crippen LogP contribution in [-0.2, 0) is 4.74 Å². The van der Waals surface area contributed by atoms with Gasteiger partial charge in [-0.3, -0.25) is 4.90 Å². The minimum atomic E-state index is 0.338. The predicted molar refractivity (Wildman–Crippen MR) is 68.5 cm³/mol. The SMILES string of the molecule is COCC(C)N(C)CC(N)C1CCCCC1. The lowest BCUT2D eigenvalue weighted by Crippen LogP contribution is -2.45. The second-order valence-corrected chi connectivity index (χ2v) is 5.31. The lowest BCUT2D eigenvalue weighted by Gasteiger charge is -2.32. The Hall–Kier alpha value is -0.120. The second kappa shape index (κ2) is 7.25. The zero-order valence-electron chi connectivity index (χ0n) is 11.1. The van der Waals surface area contributed by atoms with Crippen molar-refractivity contribution in [1.29, 1.82) is 0 Å². The van der Waals surface area contributed by atoms with E-state index in [-0.39, 0.29) is 0 Å². The van der Waals surface area contributed by atoms with Gasteiger partial charge in [-0.1, -0.05) is 19.3 Å². The standard InChI is InChI=1S/C13H28N2O/c1-11(10-16-3)15(2)9-13(14)12-7-5-4-6-8-12/h11-13H,4-10,14H2,1-3H3. The first kappa shape index (κ1) is 13.9. The summed E-state index contributed by atoms with van der Waals surface area (Å²) < 4.78 is 5.17. The highest BCUT2D eigenvalue weighted by Gasteiger charge is 2.22. The van der Waals surface area contributed by atoms with Crippen LogP contribution in [0.15, 0.2) is 0 Å². The van der Waals surface area contributed by atoms with E-state index in [2.05, 4.69) is 18.9 Å². The fourth-order valence-corrected chi connectivity index (χ4v) is 2.59. The Morgan fingerprint density at radius 2 is 1.94 bits per heavy atom. The monoisotopic (exact) mass is 228 g/mol. The molecule has 0 bridgehead atoms. The van der Waals surface area contributed by atoms with E-state index in [0.717, 1.165) is 19.1 Å². The Morgan fingerprint density at radius 3 is 2.50 bits per heavy atom. The first-order valence-electron chi connectivity index (χ1n) is 6.60. The largest absolute Gasteiger partial charge is 0.383 e. The van der Waals surface area contributed by atoms with Crippen LogP contribution < -0.4 is 5.73 Å². The highest BCUT2D eigenvalue weighted by atomic mass is 16.5. The molecule has 16 heavy (non-hydrogen) atoms. The van der Waals surface area contributed by atoms with Crippen molar-refractivity contribution in [3.63, 3.8) is 0 Å². The van der Waals surface area contributed by atoms with Gasteiger partial charge in [0.25, 0.3) is 0 Å². The Bertz CT molecular complexity index is 181. The van der Waals surface area contributed by atoms with Crippen molar-refractivity contribution >= 4 is 0 Å². The molecule has 1 aliphatic rings. The minimum Gasteiger partial charge on any atom is -0.383 e. The number of likely N-dealkylation sites (N-methyl/N-ethyl adjacent to an activating group) is 1. The first-order chi connectivity index (χ1) is 7.65. The normalized spacial score (nSPS) is 22.3. The summed E-state index contributed by atoms with van der Waals surface area (Å²) in [5, 5.41) is 0. The average Bonchev–Trinajstić information content (AvgIpc) is 2.30. The van der Waals surface area contributed by atoms with E-state index in [1.807, 2.05) is 0 Å². The van der Waals surface area contributed by atoms with E-state index >= 15 is 0 Å². The summed E-state index contributed by atoms with van der Waals surface area (Å²) >= 11 is 0. The Morgan fingerprint density at radius 1 is 1.31 bits per heavy atom. The van der Waals surface area contributed by atoms with E-state index in [4.69, 9.17) is 10.5 Å². The quantitative estimate of drug-likeness (QED) is 0.754. The molecule has 2 N–H and O–H groups in total. The molecule has 1 aliphatic carbocycles. The lowest BCUT2D eigenvalue weighted by molar-refractivity contribution is 0.104. The molecule has 3 heteroatoms. The fourth-order valence-electron chi connectivity index (χ4n) is 2.59. The summed E-state index contributed by atoms with van der Waals surface area (Å²) in [4.78, 5) is 2.32. The highest BCUT2D eigenvalue weighted by Crippen LogP contribution is 2.25. The number of rotatable bonds is 6. The summed E-state index contributed by atoms with van der Waals surface area (Å²) in [6.07, 6.45) is 6.80. The molecule has 96 valence electrons. The molecule has 1 rings (SSSR count). The van der Waals surface area contributed by atoms with Gasteiger partial charge < -0.3 is 10.5 Å². The minimum absolute atomic E-state index is 0.338. The summed E-state index contributed by atoms with van der Waals surface area (Å²) in [5.41, 5.74) is 6.30. The topological polar surface area (TPSA) is 38.5 Å². The summed E-state index contributed by atoms with van der Waals surface area (Å²) in [7, 11) is 3.90. The van der Waals surface area contributed by atoms with Gasteiger partial charge in [-0.2, -0.15) is 0 Å². The van der Waals surface area contributed by atoms with Crippen LogP contribution in [0, 0.1) is 5.92 Å². The van der Waals surface area contributed by atoms with Crippen LogP contribution in [0.25, 0.3) is 0 Å². The van der Waals surface area contributed by atoms with Gasteiger partial charge in [0, 0.05) is 25.7 Å². The van der Waals surface area contributed by atoms with Crippen LogP contribution in [0.4, 0.5) is 0 Å². The molecule has 0 amide bonds. The van der Waals surface area contributed by atoms with E-state index in [9.17, 15) is 0 Å². The molecule has 1 saturated carbocycles. The van der Waals surface area contributed by atoms with Gasteiger partial charge in [0.2, 0.25) is 0 Å². The molecule has 0 aliphatic heterocycles. The van der Waals surface area contributed by atoms with Gasteiger partial charge in [-0.25, -0.2) is 0 Å². The summed E-state index contributed by atoms with van der Waals surface area (Å²) in [6.45, 7) is 3.97. The van der Waals surface area contributed by atoms with Crippen molar-refractivity contribution in [2.75, 3.05) is 27.3 Å². The third kappa shape index (κ3) is 4.40. The third-order valence-corrected chi connectivity index (χ3v) is 3.91. The average molecular weight is 228 g/mol. The van der Waals surface area contributed by atoms with Crippen molar-refractivity contribution in [2.24, 2.45) is 11.7 Å². The predicted octanol–water partition coefficient (Wildman–Crippen LogP) is 1.86. The number of nitrogens with two attached hydrogens (primary N) is 1. The van der Waals surface area contributed by atoms with E-state index in [1.54, 1.807) is 7.11 Å². The fraction of sp³-hybridized carbons (Fsp3) is 1.00. The second-order valence-electron chi connectivity index (χ2n) is 5.31. The molecule has 0 radical (unpaired) electrons. The van der Waals surface area contributed by atoms with Crippen molar-refractivity contribution in [3.05, 3.63) is 0 Å². The van der Waals surface area contributed by atoms with Crippen molar-refractivity contribution in [3.8, 4) is 0 Å². The number of hydrogen-bond acceptors (Lipinski definition) is 3. The summed E-state index contributed by atoms with van der Waals surface area (Å²) in [6, 6.07) is 0.796. The Labute approximate surface area is 100 Å². The van der Waals surface area contributed by atoms with Gasteiger partial charge in [0.1, 0.15) is 0 Å². The van der Waals surface area contributed by atoms with Crippen molar-refractivity contribution < 1.29 is 4.74 Å². The molecule has 0 aromatic carbocycles. The molecule has 0 heterocycles. The number of nitrogens with zero attached hydrogens (tertiary/aromatic N) is 1. The van der Waals surface area contributed by atoms with E-state index < -0.39 is 0 Å². The van der Waals surface area contributed by atoms with Gasteiger partial charge in [0.15, 0.2) is 0 Å². The van der Waals surface area contributed by atoms with Gasteiger partial charge in [-0.15, -0.1) is 0 Å². The number of hydrogen-bond donors (Lipinski definition) is 1. The highest BCUT2D eigenvalue weighted by molar-refractivity contribution is 4.79. The molecule has 0 aromatic heterocycles. The van der Waals surface area contributed by atoms with Gasteiger partial charge in [-0.05, 0) is 32.7 Å². The van der Waals surface area contributed by atoms with Gasteiger partial charge >= 0.3 is 0 Å². The summed E-state index contributed by atoms with van der Waals surface area (Å²) in [5.74, 6) is 0.742. The zero-order valence-corrected chi connectivity index (χ0v) is 11.1. The Kier molecular flexibility index (Phi) is 6.32. The maximum Gasteiger partial charge on any atom is 0.0615 e. The number of methoxy groups -OCH3 is 1. The van der Waals surface area contributed by atoms with E-state index in [0.29, 0.717) is 12.1 Å². The van der Waals surface area contributed by atoms with Gasteiger partial charge in [0.05, 0.1) is 6.61 Å². The van der Waals surface area contributed by atoms with Crippen LogP contribution in [0.1, 0.15) is 39.0 Å². The molecule has 3 nitrogen and oxygen atoms in total. The van der Waals surface area contributed by atoms with E-state index in [1.165, 1.54) is 32.1 Å². The van der Waals surface area contributed by atoms with Crippen molar-refractivity contribution in [2.45, 2.75) is 51.1 Å². The molecule has 0 saturated heterocycles. The lowest BCUT2D eigenvalue weighted by atomic mass is 9.84. The molecular formula is C13H28N2O. The molecule has 2 atom stereocenters. The molecule has 2 unspecified atom stereocenters. The maximum absolute atomic E-state index is 6.30. The Balaban J connectivity index is 2.28. The van der Waals surface area contributed by atoms with Crippen LogP contribution in [-0.4, -0.2) is 44.3 Å². The van der Waals surface area contributed by atoms with Crippen molar-refractivity contribution in [1.82, 2.24) is 4.90 Å². The third-order valence-electron chi connectivity index (χ3n) is 3.91. The molecular weight excluding hydrogens is 200 g/mol. The smallest absolute Gasteiger partial charge is 0.0615 e. The molecule has 1 fully saturated rings. The van der Waals surface area contributed by atoms with Crippen LogP contribution >= 0.6 is 0 Å². The van der Waals surface area contributed by atoms with Crippen LogP contribution in [0.2, 0.25) is 0 Å². The molecule has 0 spiro atoms. The maximum atomic E-state index is 6.30. The number of ether oxygens (including phenoxy) is 1. The zero-order chi connectivity index (χ0) is 12.0. The van der Waals surface area contributed by atoms with Crippen LogP contribution in [0.3, 0.4) is 0 Å².